The van der Waals surface area contributed by atoms with Gasteiger partial charge in [0.25, 0.3) is 10.1 Å². The van der Waals surface area contributed by atoms with Crippen LogP contribution in [0.5, 0.6) is 0 Å². The van der Waals surface area contributed by atoms with Gasteiger partial charge in [0.15, 0.2) is 43.4 Å². The number of thiazole rings is 4. The van der Waals surface area contributed by atoms with Crippen molar-refractivity contribution in [2.45, 2.75) is 63.7 Å². The number of hydrogen-bond donors (Lipinski definition) is 4. The molecular formula is C83H87Br4F4N12NaO17S5. The third kappa shape index (κ3) is 24.7. The third-order valence-corrected chi connectivity index (χ3v) is 26.2. The van der Waals surface area contributed by atoms with Crippen molar-refractivity contribution in [2.24, 2.45) is 43.6 Å². The molecule has 7 aliphatic heterocycles. The molecule has 4 aromatic heterocycles. The number of ether oxygens (including phenoxy) is 6. The van der Waals surface area contributed by atoms with Crippen LogP contribution in [-0.4, -0.2) is 220 Å². The fourth-order valence-corrected chi connectivity index (χ4v) is 19.9. The summed E-state index contributed by atoms with van der Waals surface area (Å²) in [6.07, 6.45) is 9.68. The summed E-state index contributed by atoms with van der Waals surface area (Å²) in [5.41, 5.74) is 6.99. The number of esters is 4. The number of aliphatic hydroxyl groups excluding tert-OH is 3. The van der Waals surface area contributed by atoms with E-state index in [4.69, 9.17) is 62.8 Å². The minimum Gasteiger partial charge on any atom is -0.857 e. The van der Waals surface area contributed by atoms with Gasteiger partial charge in [0, 0.05) is 165 Å². The van der Waals surface area contributed by atoms with Gasteiger partial charge in [-0.3, -0.25) is 24.2 Å². The molecule has 29 nitrogen and oxygen atoms in total. The van der Waals surface area contributed by atoms with Crippen molar-refractivity contribution in [3.63, 3.8) is 0 Å². The second-order valence-corrected chi connectivity index (χ2v) is 36.5. The number of rotatable bonds is 25. The molecule has 0 bridgehead atoms. The van der Waals surface area contributed by atoms with Gasteiger partial charge in [-0.2, -0.15) is 15.5 Å². The Bertz CT molecular complexity index is 5360. The predicted octanol–water partition coefficient (Wildman–Crippen LogP) is 10.1. The zero-order chi connectivity index (χ0) is 90.5. The number of aliphatic hydroxyl groups is 3. The van der Waals surface area contributed by atoms with Crippen molar-refractivity contribution in [1.82, 2.24) is 40.0 Å². The first-order valence-electron chi connectivity index (χ1n) is 38.3. The predicted molar refractivity (Wildman–Crippen MR) is 476 cm³/mol. The molecule has 3 fully saturated rings. The van der Waals surface area contributed by atoms with Gasteiger partial charge in [-0.05, 0) is 110 Å². The number of methoxy groups -OCH3 is 4. The van der Waals surface area contributed by atoms with Crippen LogP contribution in [0.1, 0.15) is 106 Å². The standard InChI is InChI=1S/C21H21BrFN3O5S2.C20H21BrFN3O4S.2C20H19BrFN3O3S.CH4O.CH3O.Na/c1-3-30-21(27)17-16-8-12(11-31-33(2,28)29)10-26(16)19(20-24-6-7-32-20)25-18(17)14-5-4-13(23)9-15(14)22;1-2-29-20(28)16-15(7-11(9-26)10-27)24-18(19-23-5-6-30-19)25-17(16)13-4-3-12(22)8-14(13)21;2*1-27-10-11-7-15-16(20(26)28-2)17(13-4-3-12(22)8-14(13)21)24-18(25(15)9-11)19-23-5-6-29-19;2*1-2;/h4-7,9,12,18H,3,8,10-11H2,1-2H3;3-6,8,11,17,26-27H,2,7,9-10H2,1H3,(H,24,25);2*3-6,8,11,17H,7,9-10H2,1-2H3;2H,1H3;1H3;/q;;;;;-1;+1. The molecule has 7 atom stereocenters. The fourth-order valence-electron chi connectivity index (χ4n) is 14.7. The minimum absolute atomic E-state index is 0. The van der Waals surface area contributed by atoms with Gasteiger partial charge >= 0.3 is 53.4 Å². The van der Waals surface area contributed by atoms with E-state index in [1.807, 2.05) is 30.8 Å². The number of halogens is 8. The molecule has 126 heavy (non-hydrogen) atoms. The summed E-state index contributed by atoms with van der Waals surface area (Å²) in [6, 6.07) is 14.4. The van der Waals surface area contributed by atoms with E-state index in [0.717, 1.165) is 41.9 Å². The Kier molecular flexibility index (Phi) is 39.2. The van der Waals surface area contributed by atoms with Crippen molar-refractivity contribution < 1.29 is 128 Å². The average Bonchev–Trinajstić information content (AvgIpc) is 1.41. The number of allylic oxidation sites excluding steroid dienone is 4. The Morgan fingerprint density at radius 1 is 0.500 bits per heavy atom. The van der Waals surface area contributed by atoms with E-state index in [2.05, 4.69) is 89.0 Å². The van der Waals surface area contributed by atoms with Crippen LogP contribution in [0, 0.1) is 46.9 Å². The van der Waals surface area contributed by atoms with Crippen molar-refractivity contribution >= 4 is 166 Å². The Balaban J connectivity index is 0.000000187. The first kappa shape index (κ1) is 102. The molecule has 4 N–H and O–H groups in total. The first-order valence-corrected chi connectivity index (χ1v) is 46.9. The summed E-state index contributed by atoms with van der Waals surface area (Å²) in [5, 5.41) is 47.8. The number of amidine groups is 4. The van der Waals surface area contributed by atoms with E-state index in [9.17, 15) is 55.4 Å². The van der Waals surface area contributed by atoms with Gasteiger partial charge in [-0.15, -0.1) is 45.3 Å². The van der Waals surface area contributed by atoms with Gasteiger partial charge in [-0.1, -0.05) is 88.0 Å². The second-order valence-electron chi connectivity index (χ2n) is 27.9. The molecule has 11 heterocycles. The van der Waals surface area contributed by atoms with Crippen molar-refractivity contribution in [3.8, 4) is 0 Å². The van der Waals surface area contributed by atoms with Gasteiger partial charge in [0.2, 0.25) is 0 Å². The van der Waals surface area contributed by atoms with Crippen molar-refractivity contribution in [1.29, 1.82) is 0 Å². The Labute approximate surface area is 796 Å². The monoisotopic (exact) mass is 2100 g/mol. The molecule has 0 aliphatic carbocycles. The number of hydrogen-bond acceptors (Lipinski definition) is 33. The molecule has 0 spiro atoms. The summed E-state index contributed by atoms with van der Waals surface area (Å²) in [7, 11) is 4.19. The van der Waals surface area contributed by atoms with E-state index in [1.165, 1.54) is 108 Å². The number of nitrogens with one attached hydrogen (secondary N) is 1. The van der Waals surface area contributed by atoms with Crippen LogP contribution >= 0.6 is 109 Å². The number of carbonyl (C=O) groups excluding carboxylic acids is 4. The molecule has 8 aromatic rings. The molecule has 668 valence electrons. The summed E-state index contributed by atoms with van der Waals surface area (Å²) in [4.78, 5) is 94.6. The number of aliphatic imine (C=N–C) groups is 4. The van der Waals surface area contributed by atoms with Gasteiger partial charge in [0.1, 0.15) is 47.4 Å². The Hall–Kier alpha value is -7.57. The molecule has 3 saturated heterocycles. The van der Waals surface area contributed by atoms with Crippen molar-refractivity contribution in [3.05, 3.63) is 248 Å². The molecule has 43 heteroatoms. The van der Waals surface area contributed by atoms with Crippen LogP contribution in [0.2, 0.25) is 0 Å². The minimum atomic E-state index is -3.61. The number of aromatic nitrogens is 4. The maximum Gasteiger partial charge on any atom is 1.00 e. The van der Waals surface area contributed by atoms with E-state index >= 15 is 0 Å². The number of nitrogens with zero attached hydrogens (tertiary/aromatic N) is 11. The smallest absolute Gasteiger partial charge is 0.857 e. The normalized spacial score (nSPS) is 19.2. The number of carbonyl (C=O) groups is 4. The number of fused-ring (bicyclic) bond motifs is 3. The molecule has 15 rings (SSSR count). The molecule has 7 aliphatic rings. The van der Waals surface area contributed by atoms with E-state index in [-0.39, 0.29) is 104 Å². The fraction of sp³-hybridized carbons (Fsp3) is 0.373. The maximum absolute atomic E-state index is 13.8. The van der Waals surface area contributed by atoms with Crippen LogP contribution in [0.15, 0.2) is 202 Å². The molecule has 0 saturated carbocycles. The zero-order valence-corrected chi connectivity index (χ0v) is 82.0. The number of benzene rings is 4. The molecule has 7 unspecified atom stereocenters. The molecular weight excluding hydrogens is 2020 g/mol. The van der Waals surface area contributed by atoms with Crippen LogP contribution in [0.4, 0.5) is 17.6 Å². The van der Waals surface area contributed by atoms with E-state index < -0.39 is 75.7 Å². The summed E-state index contributed by atoms with van der Waals surface area (Å²) >= 11 is 19.4. The zero-order valence-electron chi connectivity index (χ0n) is 69.6. The summed E-state index contributed by atoms with van der Waals surface area (Å²) in [5.74, 6) is -1.35. The maximum atomic E-state index is 13.8. The largest absolute Gasteiger partial charge is 1.00 e. The topological polar surface area (TPSA) is 374 Å². The van der Waals surface area contributed by atoms with Crippen molar-refractivity contribution in [2.75, 3.05) is 115 Å². The molecule has 4 aromatic carbocycles. The van der Waals surface area contributed by atoms with Gasteiger partial charge in [-0.25, -0.2) is 56.7 Å². The van der Waals surface area contributed by atoms with Gasteiger partial charge in [0.05, 0.1) is 75.8 Å². The molecule has 0 amide bonds. The van der Waals surface area contributed by atoms with Crippen LogP contribution in [0.25, 0.3) is 0 Å². The van der Waals surface area contributed by atoms with E-state index in [1.54, 1.807) is 82.5 Å². The third-order valence-electron chi connectivity index (χ3n) is 19.8. The summed E-state index contributed by atoms with van der Waals surface area (Å²) in [6.45, 7) is 6.14. The van der Waals surface area contributed by atoms with E-state index in [0.29, 0.717) is 154 Å². The first-order chi connectivity index (χ1) is 60.2. The Morgan fingerprint density at radius 2 is 0.810 bits per heavy atom. The average molecular weight is 2100 g/mol. The quantitative estimate of drug-likeness (QED) is 0.0136. The van der Waals surface area contributed by atoms with Gasteiger partial charge < -0.3 is 68.9 Å². The molecule has 0 radical (unpaired) electrons. The SMILES string of the molecule is CCOC(=O)C1=C(CC(CO)CO)NC(c2nccs2)=NC1c1ccc(F)cc1Br.CCOC(=O)C1=C2CC(COS(C)(=O)=O)CN2C(c2nccs2)=NC1c1ccc(F)cc1Br.CO.COCC1CC2=C(C(=O)OC)C(c3ccc(F)cc3Br)N=C(c3nccs3)N2C1.COCC1CC2=C(C(=O)OC)C(c3ccc(F)cc3Br)N=C(c3nccs3)N2C1.C[O-].[Na+]. The van der Waals surface area contributed by atoms with Crippen LogP contribution < -0.4 is 40.0 Å². The van der Waals surface area contributed by atoms with Crippen LogP contribution in [0.3, 0.4) is 0 Å². The summed E-state index contributed by atoms with van der Waals surface area (Å²) < 4.78 is 117. The second kappa shape index (κ2) is 48.4. The Morgan fingerprint density at radius 3 is 1.10 bits per heavy atom. The van der Waals surface area contributed by atoms with Crippen LogP contribution in [-0.2, 0) is 61.9 Å².